The molecule has 2 aromatic rings. The summed E-state index contributed by atoms with van der Waals surface area (Å²) in [6, 6.07) is 14.2. The minimum absolute atomic E-state index is 0.0659. The van der Waals surface area contributed by atoms with Gasteiger partial charge in [0.15, 0.2) is 17.3 Å². The lowest BCUT2D eigenvalue weighted by molar-refractivity contribution is -0.136. The van der Waals surface area contributed by atoms with Gasteiger partial charge in [0, 0.05) is 25.2 Å². The standard InChI is InChI=1S/C19H21NO4/c1-13(21)15-10-11-16(17(12-15)23-4)24-18(19(22)20(2)3)14-8-6-5-7-9-14/h5-12,18H,1-4H3/t18-/m1/s1. The van der Waals surface area contributed by atoms with Crippen molar-refractivity contribution >= 4 is 11.7 Å². The maximum atomic E-state index is 12.5. The summed E-state index contributed by atoms with van der Waals surface area (Å²) in [6.07, 6.45) is -0.793. The van der Waals surface area contributed by atoms with Crippen LogP contribution in [0.2, 0.25) is 0 Å². The average molecular weight is 327 g/mol. The van der Waals surface area contributed by atoms with E-state index >= 15 is 0 Å². The molecule has 0 N–H and O–H groups in total. The zero-order valence-corrected chi connectivity index (χ0v) is 14.3. The Morgan fingerprint density at radius 2 is 1.67 bits per heavy atom. The molecular weight excluding hydrogens is 306 g/mol. The largest absolute Gasteiger partial charge is 0.493 e. The zero-order chi connectivity index (χ0) is 17.7. The molecule has 0 saturated heterocycles. The number of benzene rings is 2. The van der Waals surface area contributed by atoms with Crippen LogP contribution in [0.4, 0.5) is 0 Å². The van der Waals surface area contributed by atoms with Gasteiger partial charge in [-0.1, -0.05) is 30.3 Å². The Kier molecular flexibility index (Phi) is 5.58. The number of hydrogen-bond donors (Lipinski definition) is 0. The van der Waals surface area contributed by atoms with Crippen molar-refractivity contribution in [3.8, 4) is 11.5 Å². The van der Waals surface area contributed by atoms with Crippen molar-refractivity contribution in [1.29, 1.82) is 0 Å². The molecule has 0 aliphatic rings. The Hall–Kier alpha value is -2.82. The Morgan fingerprint density at radius 1 is 1.00 bits per heavy atom. The maximum absolute atomic E-state index is 12.5. The van der Waals surface area contributed by atoms with E-state index in [0.717, 1.165) is 5.56 Å². The first-order valence-electron chi connectivity index (χ1n) is 7.55. The number of ether oxygens (including phenoxy) is 2. The fourth-order valence-corrected chi connectivity index (χ4v) is 2.23. The molecular formula is C19H21NO4. The summed E-state index contributed by atoms with van der Waals surface area (Å²) in [5.74, 6) is 0.574. The van der Waals surface area contributed by atoms with Gasteiger partial charge < -0.3 is 14.4 Å². The van der Waals surface area contributed by atoms with Gasteiger partial charge in [-0.15, -0.1) is 0 Å². The number of ketones is 1. The molecule has 0 aliphatic carbocycles. The maximum Gasteiger partial charge on any atom is 0.267 e. The minimum atomic E-state index is -0.793. The quantitative estimate of drug-likeness (QED) is 0.765. The van der Waals surface area contributed by atoms with Crippen molar-refractivity contribution in [2.45, 2.75) is 13.0 Å². The molecule has 24 heavy (non-hydrogen) atoms. The lowest BCUT2D eigenvalue weighted by atomic mass is 10.1. The molecule has 0 heterocycles. The van der Waals surface area contributed by atoms with E-state index in [1.165, 1.54) is 18.9 Å². The summed E-state index contributed by atoms with van der Waals surface area (Å²) in [6.45, 7) is 1.48. The summed E-state index contributed by atoms with van der Waals surface area (Å²) in [4.78, 5) is 25.5. The third kappa shape index (κ3) is 3.93. The van der Waals surface area contributed by atoms with Gasteiger partial charge >= 0.3 is 0 Å². The van der Waals surface area contributed by atoms with Crippen LogP contribution in [0.25, 0.3) is 0 Å². The van der Waals surface area contributed by atoms with Crippen LogP contribution in [-0.2, 0) is 4.79 Å². The Labute approximate surface area is 141 Å². The monoisotopic (exact) mass is 327 g/mol. The molecule has 0 aliphatic heterocycles. The molecule has 0 saturated carbocycles. The lowest BCUT2D eigenvalue weighted by Crippen LogP contribution is -2.31. The lowest BCUT2D eigenvalue weighted by Gasteiger charge is -2.23. The van der Waals surface area contributed by atoms with Crippen LogP contribution >= 0.6 is 0 Å². The van der Waals surface area contributed by atoms with E-state index < -0.39 is 6.10 Å². The van der Waals surface area contributed by atoms with Crippen molar-refractivity contribution < 1.29 is 19.1 Å². The summed E-state index contributed by atoms with van der Waals surface area (Å²) in [7, 11) is 4.85. The molecule has 5 nitrogen and oxygen atoms in total. The third-order valence-electron chi connectivity index (χ3n) is 3.58. The van der Waals surface area contributed by atoms with E-state index in [0.29, 0.717) is 17.1 Å². The second-order valence-electron chi connectivity index (χ2n) is 5.56. The molecule has 0 bridgehead atoms. The van der Waals surface area contributed by atoms with Crippen LogP contribution in [0.1, 0.15) is 28.9 Å². The first-order valence-corrected chi connectivity index (χ1v) is 7.55. The van der Waals surface area contributed by atoms with Gasteiger partial charge in [0.05, 0.1) is 7.11 Å². The summed E-state index contributed by atoms with van der Waals surface area (Å²) < 4.78 is 11.3. The summed E-state index contributed by atoms with van der Waals surface area (Å²) >= 11 is 0. The van der Waals surface area contributed by atoms with Crippen molar-refractivity contribution in [1.82, 2.24) is 4.90 Å². The number of hydrogen-bond acceptors (Lipinski definition) is 4. The van der Waals surface area contributed by atoms with Crippen LogP contribution in [0, 0.1) is 0 Å². The first-order chi connectivity index (χ1) is 11.4. The molecule has 126 valence electrons. The predicted molar refractivity (Wildman–Crippen MR) is 91.5 cm³/mol. The molecule has 0 spiro atoms. The average Bonchev–Trinajstić information content (AvgIpc) is 2.59. The van der Waals surface area contributed by atoms with E-state index in [9.17, 15) is 9.59 Å². The van der Waals surface area contributed by atoms with E-state index in [1.807, 2.05) is 30.3 Å². The summed E-state index contributed by atoms with van der Waals surface area (Å²) in [5.41, 5.74) is 1.27. The molecule has 1 atom stereocenters. The van der Waals surface area contributed by atoms with Crippen LogP contribution in [-0.4, -0.2) is 37.8 Å². The second kappa shape index (κ2) is 7.64. The summed E-state index contributed by atoms with van der Waals surface area (Å²) in [5, 5.41) is 0. The number of methoxy groups -OCH3 is 1. The number of nitrogens with zero attached hydrogens (tertiary/aromatic N) is 1. The topological polar surface area (TPSA) is 55.8 Å². The van der Waals surface area contributed by atoms with Crippen molar-refractivity contribution in [2.75, 3.05) is 21.2 Å². The smallest absolute Gasteiger partial charge is 0.267 e. The number of rotatable bonds is 6. The van der Waals surface area contributed by atoms with Gasteiger partial charge in [-0.3, -0.25) is 9.59 Å². The molecule has 0 aromatic heterocycles. The molecule has 0 fully saturated rings. The Morgan fingerprint density at radius 3 is 2.21 bits per heavy atom. The van der Waals surface area contributed by atoms with Gasteiger partial charge in [0.2, 0.25) is 6.10 Å². The van der Waals surface area contributed by atoms with Crippen LogP contribution in [0.3, 0.4) is 0 Å². The van der Waals surface area contributed by atoms with Crippen molar-refractivity contribution in [2.24, 2.45) is 0 Å². The van der Waals surface area contributed by atoms with E-state index in [4.69, 9.17) is 9.47 Å². The molecule has 2 aromatic carbocycles. The highest BCUT2D eigenvalue weighted by Gasteiger charge is 2.25. The third-order valence-corrected chi connectivity index (χ3v) is 3.58. The van der Waals surface area contributed by atoms with Crippen molar-refractivity contribution in [3.63, 3.8) is 0 Å². The number of amides is 1. The minimum Gasteiger partial charge on any atom is -0.493 e. The van der Waals surface area contributed by atoms with Gasteiger partial charge in [-0.25, -0.2) is 0 Å². The number of likely N-dealkylation sites (N-methyl/N-ethyl adjacent to an activating group) is 1. The van der Waals surface area contributed by atoms with Crippen LogP contribution in [0.15, 0.2) is 48.5 Å². The highest BCUT2D eigenvalue weighted by atomic mass is 16.5. The Bertz CT molecular complexity index is 725. The first kappa shape index (κ1) is 17.5. The van der Waals surface area contributed by atoms with E-state index in [-0.39, 0.29) is 11.7 Å². The fourth-order valence-electron chi connectivity index (χ4n) is 2.23. The highest BCUT2D eigenvalue weighted by Crippen LogP contribution is 2.33. The van der Waals surface area contributed by atoms with Gasteiger partial charge in [0.1, 0.15) is 0 Å². The highest BCUT2D eigenvalue weighted by molar-refractivity contribution is 5.94. The number of Topliss-reactive ketones (excluding diaryl/α,β-unsaturated/α-hetero) is 1. The van der Waals surface area contributed by atoms with Gasteiger partial charge in [-0.2, -0.15) is 0 Å². The van der Waals surface area contributed by atoms with Crippen LogP contribution < -0.4 is 9.47 Å². The SMILES string of the molecule is COc1cc(C(C)=O)ccc1O[C@@H](C(=O)N(C)C)c1ccccc1. The number of carbonyl (C=O) groups excluding carboxylic acids is 2. The second-order valence-corrected chi connectivity index (χ2v) is 5.56. The van der Waals surface area contributed by atoms with Crippen LogP contribution in [0.5, 0.6) is 11.5 Å². The van der Waals surface area contributed by atoms with E-state index in [2.05, 4.69) is 0 Å². The van der Waals surface area contributed by atoms with Gasteiger partial charge in [-0.05, 0) is 25.1 Å². The molecule has 0 radical (unpaired) electrons. The molecule has 0 unspecified atom stereocenters. The van der Waals surface area contributed by atoms with Crippen molar-refractivity contribution in [3.05, 3.63) is 59.7 Å². The number of carbonyl (C=O) groups is 2. The molecule has 2 rings (SSSR count). The fraction of sp³-hybridized carbons (Fsp3) is 0.263. The predicted octanol–water partition coefficient (Wildman–Crippen LogP) is 3.11. The Balaban J connectivity index is 2.40. The zero-order valence-electron chi connectivity index (χ0n) is 14.3. The molecule has 1 amide bonds. The normalized spacial score (nSPS) is 11.5. The molecule has 5 heteroatoms. The van der Waals surface area contributed by atoms with Gasteiger partial charge in [0.25, 0.3) is 5.91 Å². The van der Waals surface area contributed by atoms with E-state index in [1.54, 1.807) is 32.3 Å².